The molecule has 3 nitrogen and oxygen atoms in total. The Hall–Kier alpha value is -0.296. The molecule has 0 fully saturated rings. The number of nitrogens with two attached hydrogens (primary N) is 1. The highest BCUT2D eigenvalue weighted by Gasteiger charge is 2.35. The summed E-state index contributed by atoms with van der Waals surface area (Å²) in [5.74, 6) is 0.258. The van der Waals surface area contributed by atoms with Crippen LogP contribution < -0.4 is 5.73 Å². The van der Waals surface area contributed by atoms with Crippen LogP contribution >= 0.6 is 0 Å². The molecule has 0 amide bonds. The van der Waals surface area contributed by atoms with Gasteiger partial charge in [-0.05, 0) is 0 Å². The Morgan fingerprint density at radius 3 is 1.25 bits per heavy atom. The second kappa shape index (κ2) is 3.22. The lowest BCUT2D eigenvalue weighted by atomic mass is 11.1. The van der Waals surface area contributed by atoms with Crippen molar-refractivity contribution in [3.8, 4) is 0 Å². The van der Waals surface area contributed by atoms with Crippen molar-refractivity contribution >= 4 is 22.4 Å². The van der Waals surface area contributed by atoms with Crippen molar-refractivity contribution in [2.75, 3.05) is 0 Å². The minimum Gasteiger partial charge on any atom is -0.397 e. The summed E-state index contributed by atoms with van der Waals surface area (Å²) in [5.41, 5.74) is 5.59. The lowest BCUT2D eigenvalue weighted by molar-refractivity contribution is 0.873. The van der Waals surface area contributed by atoms with Crippen molar-refractivity contribution in [2.45, 2.75) is 39.3 Å². The molecule has 0 unspecified atom stereocenters. The van der Waals surface area contributed by atoms with Crippen LogP contribution in [0, 0.1) is 5.41 Å². The Labute approximate surface area is 77.6 Å². The van der Waals surface area contributed by atoms with E-state index in [1.807, 2.05) is 0 Å². The van der Waals surface area contributed by atoms with Gasteiger partial charge in [-0.3, -0.25) is 5.41 Å². The maximum atomic E-state index is 7.54. The van der Waals surface area contributed by atoms with Gasteiger partial charge in [-0.2, -0.15) is 0 Å². The molecule has 0 saturated heterocycles. The van der Waals surface area contributed by atoms with E-state index >= 15 is 0 Å². The Morgan fingerprint density at radius 2 is 1.25 bits per heavy atom. The van der Waals surface area contributed by atoms with Gasteiger partial charge in [-0.1, -0.05) is 39.3 Å². The number of nitrogens with one attached hydrogen (secondary N) is 1. The Bertz CT molecular complexity index is 164. The van der Waals surface area contributed by atoms with Crippen LogP contribution in [-0.4, -0.2) is 26.7 Å². The van der Waals surface area contributed by atoms with Gasteiger partial charge in [-0.25, -0.2) is 0 Å². The average molecular weight is 203 g/mol. The van der Waals surface area contributed by atoms with Gasteiger partial charge in [-0.15, -0.1) is 0 Å². The van der Waals surface area contributed by atoms with Crippen molar-refractivity contribution in [2.24, 2.45) is 5.73 Å². The van der Waals surface area contributed by atoms with Gasteiger partial charge in [0.2, 0.25) is 0 Å². The molecule has 0 rings (SSSR count). The van der Waals surface area contributed by atoms with Crippen LogP contribution in [0.25, 0.3) is 0 Å². The molecule has 0 bridgehead atoms. The molecular formula is C7H21N3Si2. The minimum absolute atomic E-state index is 0.258. The summed E-state index contributed by atoms with van der Waals surface area (Å²) in [4.78, 5) is 0. The third kappa shape index (κ3) is 2.98. The van der Waals surface area contributed by atoms with Crippen LogP contribution in [0.2, 0.25) is 39.3 Å². The van der Waals surface area contributed by atoms with Crippen LogP contribution in [0.4, 0.5) is 0 Å². The summed E-state index contributed by atoms with van der Waals surface area (Å²) in [6, 6.07) is 0. The topological polar surface area (TPSA) is 53.1 Å². The molecule has 0 spiro atoms. The molecule has 0 saturated carbocycles. The molecule has 3 N–H and O–H groups in total. The number of hydrogen-bond acceptors (Lipinski definition) is 1. The SMILES string of the molecule is C[Si](C)(C)N(C(=N)N)[Si](C)(C)C. The standard InChI is InChI=1S/C7H21N3Si2/c1-11(2,3)10(7(8)9)12(4,5)6/h1-6H3,(H3,8,9). The molecule has 5 heteroatoms. The second-order valence-corrected chi connectivity index (χ2v) is 15.1. The Balaban J connectivity index is 4.82. The first kappa shape index (κ1) is 11.7. The molecule has 0 radical (unpaired) electrons. The van der Waals surface area contributed by atoms with Gasteiger partial charge in [0.25, 0.3) is 0 Å². The molecular weight excluding hydrogens is 182 g/mol. The van der Waals surface area contributed by atoms with Crippen LogP contribution in [0.5, 0.6) is 0 Å². The maximum absolute atomic E-state index is 7.54. The summed E-state index contributed by atoms with van der Waals surface area (Å²) in [6.45, 7) is 13.4. The van der Waals surface area contributed by atoms with Gasteiger partial charge in [0.05, 0.1) is 0 Å². The first-order valence-electron chi connectivity index (χ1n) is 4.21. The molecule has 0 heterocycles. The molecule has 0 aliphatic heterocycles. The van der Waals surface area contributed by atoms with E-state index in [1.165, 1.54) is 0 Å². The predicted molar refractivity (Wildman–Crippen MR) is 60.4 cm³/mol. The second-order valence-electron chi connectivity index (χ2n) is 5.06. The summed E-state index contributed by atoms with van der Waals surface area (Å²) in [7, 11) is -2.88. The third-order valence-corrected chi connectivity index (χ3v) is 8.77. The molecule has 0 aliphatic rings. The lowest BCUT2D eigenvalue weighted by Gasteiger charge is -2.44. The fourth-order valence-electron chi connectivity index (χ4n) is 1.73. The van der Waals surface area contributed by atoms with Crippen molar-refractivity contribution in [3.05, 3.63) is 0 Å². The smallest absolute Gasteiger partial charge is 0.171 e. The van der Waals surface area contributed by atoms with Gasteiger partial charge in [0.15, 0.2) is 5.96 Å². The Morgan fingerprint density at radius 1 is 1.00 bits per heavy atom. The molecule has 0 aliphatic carbocycles. The highest BCUT2D eigenvalue weighted by Crippen LogP contribution is 2.18. The number of rotatable bonds is 2. The fourth-order valence-corrected chi connectivity index (χ4v) is 11.2. The average Bonchev–Trinajstić information content (AvgIpc) is 1.49. The number of guanidine groups is 1. The highest BCUT2D eigenvalue weighted by atomic mass is 28.4. The van der Waals surface area contributed by atoms with Gasteiger partial charge in [0, 0.05) is 0 Å². The van der Waals surface area contributed by atoms with E-state index in [1.54, 1.807) is 0 Å². The van der Waals surface area contributed by atoms with Gasteiger partial charge >= 0.3 is 0 Å². The monoisotopic (exact) mass is 203 g/mol. The van der Waals surface area contributed by atoms with E-state index < -0.39 is 16.5 Å². The largest absolute Gasteiger partial charge is 0.397 e. The molecule has 0 aromatic heterocycles. The van der Waals surface area contributed by atoms with E-state index in [0.29, 0.717) is 0 Å². The first-order chi connectivity index (χ1) is 5.07. The van der Waals surface area contributed by atoms with Crippen LogP contribution in [0.15, 0.2) is 0 Å². The van der Waals surface area contributed by atoms with Crippen LogP contribution in [0.3, 0.4) is 0 Å². The van der Waals surface area contributed by atoms with Crippen LogP contribution in [-0.2, 0) is 0 Å². The molecule has 72 valence electrons. The van der Waals surface area contributed by atoms with E-state index in [2.05, 4.69) is 43.5 Å². The quantitative estimate of drug-likeness (QED) is 0.409. The predicted octanol–water partition coefficient (Wildman–Crippen LogP) is 1.85. The minimum atomic E-state index is -1.44. The van der Waals surface area contributed by atoms with E-state index in [-0.39, 0.29) is 5.96 Å². The van der Waals surface area contributed by atoms with Gasteiger partial charge in [0.1, 0.15) is 16.5 Å². The zero-order valence-electron chi connectivity index (χ0n) is 9.02. The fraction of sp³-hybridized carbons (Fsp3) is 0.857. The molecule has 0 aromatic rings. The Kier molecular flexibility index (Phi) is 3.14. The highest BCUT2D eigenvalue weighted by molar-refractivity contribution is 6.92. The normalized spacial score (nSPS) is 12.8. The maximum Gasteiger partial charge on any atom is 0.171 e. The molecule has 0 aromatic carbocycles. The van der Waals surface area contributed by atoms with Gasteiger partial charge < -0.3 is 9.96 Å². The van der Waals surface area contributed by atoms with Crippen molar-refractivity contribution in [1.29, 1.82) is 5.41 Å². The number of nitrogens with zero attached hydrogens (tertiary/aromatic N) is 1. The van der Waals surface area contributed by atoms with E-state index in [9.17, 15) is 0 Å². The van der Waals surface area contributed by atoms with Crippen LogP contribution in [0.1, 0.15) is 0 Å². The molecule has 12 heavy (non-hydrogen) atoms. The zero-order valence-corrected chi connectivity index (χ0v) is 11.0. The van der Waals surface area contributed by atoms with E-state index in [0.717, 1.165) is 0 Å². The molecule has 0 atom stereocenters. The zero-order chi connectivity index (χ0) is 10.2. The number of hydrogen-bond donors (Lipinski definition) is 2. The summed E-state index contributed by atoms with van der Waals surface area (Å²) < 4.78 is 2.18. The van der Waals surface area contributed by atoms with E-state index in [4.69, 9.17) is 11.1 Å². The summed E-state index contributed by atoms with van der Waals surface area (Å²) in [5, 5.41) is 7.54. The lowest BCUT2D eigenvalue weighted by Crippen LogP contribution is -2.63. The van der Waals surface area contributed by atoms with Crippen molar-refractivity contribution < 1.29 is 0 Å². The van der Waals surface area contributed by atoms with Crippen molar-refractivity contribution in [3.63, 3.8) is 0 Å². The van der Waals surface area contributed by atoms with Crippen molar-refractivity contribution in [1.82, 2.24) is 4.23 Å². The third-order valence-electron chi connectivity index (χ3n) is 1.58. The summed E-state index contributed by atoms with van der Waals surface area (Å²) >= 11 is 0. The first-order valence-corrected chi connectivity index (χ1v) is 11.1. The summed E-state index contributed by atoms with van der Waals surface area (Å²) in [6.07, 6.45) is 0.